The van der Waals surface area contributed by atoms with E-state index in [-0.39, 0.29) is 5.82 Å². The van der Waals surface area contributed by atoms with E-state index in [1.165, 1.54) is 6.07 Å². The van der Waals surface area contributed by atoms with Gasteiger partial charge in [-0.2, -0.15) is 0 Å². The first-order valence-corrected chi connectivity index (χ1v) is 10.3. The van der Waals surface area contributed by atoms with E-state index in [9.17, 15) is 4.39 Å². The zero-order chi connectivity index (χ0) is 20.8. The minimum absolute atomic E-state index is 0.349. The molecule has 0 fully saturated rings. The number of ether oxygens (including phenoxy) is 2. The van der Waals surface area contributed by atoms with Gasteiger partial charge in [0.05, 0.1) is 10.0 Å². The lowest BCUT2D eigenvalue weighted by molar-refractivity contribution is 0.284. The molecule has 0 radical (unpaired) electrons. The molecule has 0 atom stereocenters. The van der Waals surface area contributed by atoms with Crippen LogP contribution in [0.2, 0.25) is 0 Å². The largest absolute Gasteiger partial charge is 0.488 e. The Hall–Kier alpha value is -3.18. The maximum Gasteiger partial charge on any atom is 0.225 e. The number of benzene rings is 3. The van der Waals surface area contributed by atoms with E-state index in [1.807, 2.05) is 66.7 Å². The lowest BCUT2D eigenvalue weighted by atomic mass is 10.1. The highest BCUT2D eigenvalue weighted by Crippen LogP contribution is 2.38. The highest BCUT2D eigenvalue weighted by atomic mass is 79.9. The smallest absolute Gasteiger partial charge is 0.225 e. The van der Waals surface area contributed by atoms with Gasteiger partial charge in [-0.05, 0) is 50.8 Å². The van der Waals surface area contributed by atoms with Gasteiger partial charge < -0.3 is 9.47 Å². The molecule has 30 heavy (non-hydrogen) atoms. The first-order chi connectivity index (χ1) is 14.7. The summed E-state index contributed by atoms with van der Waals surface area (Å²) >= 11 is 3.21. The Bertz CT molecular complexity index is 1060. The van der Waals surface area contributed by atoms with Gasteiger partial charge in [0.15, 0.2) is 0 Å². The van der Waals surface area contributed by atoms with Crippen LogP contribution in [0.3, 0.4) is 0 Å². The molecule has 0 saturated carbocycles. The van der Waals surface area contributed by atoms with Crippen molar-refractivity contribution in [2.75, 3.05) is 0 Å². The summed E-state index contributed by atoms with van der Waals surface area (Å²) in [4.78, 5) is 4.40. The average Bonchev–Trinajstić information content (AvgIpc) is 2.79. The van der Waals surface area contributed by atoms with Crippen molar-refractivity contribution in [3.63, 3.8) is 0 Å². The van der Waals surface area contributed by atoms with Crippen molar-refractivity contribution in [2.45, 2.75) is 13.2 Å². The van der Waals surface area contributed by atoms with Crippen LogP contribution in [0.5, 0.6) is 11.6 Å². The Morgan fingerprint density at radius 2 is 1.40 bits per heavy atom. The van der Waals surface area contributed by atoms with Crippen molar-refractivity contribution in [3.8, 4) is 22.8 Å². The second kappa shape index (κ2) is 9.55. The Balaban J connectivity index is 1.68. The van der Waals surface area contributed by atoms with Crippen LogP contribution in [0.1, 0.15) is 11.1 Å². The molecule has 4 rings (SSSR count). The molecule has 150 valence electrons. The van der Waals surface area contributed by atoms with Crippen LogP contribution >= 0.6 is 15.9 Å². The Morgan fingerprint density at radius 3 is 2.03 bits per heavy atom. The van der Waals surface area contributed by atoms with Crippen molar-refractivity contribution < 1.29 is 13.9 Å². The number of halogens is 2. The van der Waals surface area contributed by atoms with Crippen LogP contribution in [0.15, 0.2) is 95.6 Å². The van der Waals surface area contributed by atoms with E-state index >= 15 is 0 Å². The second-order valence-corrected chi connectivity index (χ2v) is 7.52. The Labute approximate surface area is 183 Å². The summed E-state index contributed by atoms with van der Waals surface area (Å²) < 4.78 is 26.8. The highest BCUT2D eigenvalue weighted by molar-refractivity contribution is 9.10. The van der Waals surface area contributed by atoms with E-state index in [2.05, 4.69) is 20.9 Å². The second-order valence-electron chi connectivity index (χ2n) is 6.67. The lowest BCUT2D eigenvalue weighted by Crippen LogP contribution is -2.02. The van der Waals surface area contributed by atoms with Crippen molar-refractivity contribution in [1.82, 2.24) is 4.98 Å². The number of hydrogen-bond donors (Lipinski definition) is 0. The number of rotatable bonds is 7. The Kier molecular flexibility index (Phi) is 6.40. The maximum atomic E-state index is 14.3. The van der Waals surface area contributed by atoms with Gasteiger partial charge in [-0.15, -0.1) is 0 Å². The summed E-state index contributed by atoms with van der Waals surface area (Å²) in [5.74, 6) is 0.615. The van der Waals surface area contributed by atoms with Crippen LogP contribution < -0.4 is 9.47 Å². The number of pyridine rings is 1. The molecule has 3 nitrogen and oxygen atoms in total. The van der Waals surface area contributed by atoms with Gasteiger partial charge in [-0.25, -0.2) is 9.37 Å². The number of nitrogens with zero attached hydrogens (tertiary/aromatic N) is 1. The fourth-order valence-electron chi connectivity index (χ4n) is 3.03. The molecular formula is C25H19BrFNO2. The minimum atomic E-state index is -0.362. The predicted octanol–water partition coefficient (Wildman–Crippen LogP) is 6.81. The van der Waals surface area contributed by atoms with Crippen molar-refractivity contribution in [2.24, 2.45) is 0 Å². The topological polar surface area (TPSA) is 31.4 Å². The zero-order valence-electron chi connectivity index (χ0n) is 16.1. The van der Waals surface area contributed by atoms with Gasteiger partial charge in [-0.1, -0.05) is 66.7 Å². The molecule has 4 aromatic rings. The van der Waals surface area contributed by atoms with E-state index in [0.717, 1.165) is 11.1 Å². The molecule has 5 heteroatoms. The van der Waals surface area contributed by atoms with Crippen molar-refractivity contribution in [3.05, 3.63) is 113 Å². The molecule has 0 spiro atoms. The molecule has 0 amide bonds. The van der Waals surface area contributed by atoms with Gasteiger partial charge in [-0.3, -0.25) is 0 Å². The summed E-state index contributed by atoms with van der Waals surface area (Å²) in [6.45, 7) is 0.733. The standard InChI is InChI=1S/C25H19BrFNO2/c26-21-12-11-20(15-22(21)27)24-23(29-16-18-7-3-1-4-8-18)13-14-28-25(24)30-17-19-9-5-2-6-10-19/h1-15H,16-17H2. The summed E-state index contributed by atoms with van der Waals surface area (Å²) in [7, 11) is 0. The van der Waals surface area contributed by atoms with Crippen molar-refractivity contribution in [1.29, 1.82) is 0 Å². The normalized spacial score (nSPS) is 10.6. The molecule has 3 aromatic carbocycles. The molecule has 0 unspecified atom stereocenters. The molecule has 0 N–H and O–H groups in total. The zero-order valence-corrected chi connectivity index (χ0v) is 17.7. The molecule has 0 aliphatic rings. The number of aromatic nitrogens is 1. The minimum Gasteiger partial charge on any atom is -0.488 e. The highest BCUT2D eigenvalue weighted by Gasteiger charge is 2.17. The van der Waals surface area contributed by atoms with Crippen LogP contribution in [-0.4, -0.2) is 4.98 Å². The number of hydrogen-bond acceptors (Lipinski definition) is 3. The first-order valence-electron chi connectivity index (χ1n) is 9.48. The average molecular weight is 464 g/mol. The van der Waals surface area contributed by atoms with Gasteiger partial charge in [0.2, 0.25) is 5.88 Å². The Morgan fingerprint density at radius 1 is 0.767 bits per heavy atom. The quantitative estimate of drug-likeness (QED) is 0.301. The van der Waals surface area contributed by atoms with Crippen LogP contribution in [0.25, 0.3) is 11.1 Å². The van der Waals surface area contributed by atoms with Gasteiger partial charge in [0.1, 0.15) is 24.8 Å². The van der Waals surface area contributed by atoms with E-state index in [0.29, 0.717) is 40.4 Å². The monoisotopic (exact) mass is 463 g/mol. The van der Waals surface area contributed by atoms with E-state index in [1.54, 1.807) is 18.3 Å². The lowest BCUT2D eigenvalue weighted by Gasteiger charge is -2.16. The van der Waals surface area contributed by atoms with Crippen LogP contribution in [-0.2, 0) is 13.2 Å². The fourth-order valence-corrected chi connectivity index (χ4v) is 3.28. The first kappa shape index (κ1) is 20.1. The summed E-state index contributed by atoms with van der Waals surface area (Å²) in [6.07, 6.45) is 1.64. The summed E-state index contributed by atoms with van der Waals surface area (Å²) in [6, 6.07) is 26.4. The molecule has 0 aliphatic heterocycles. The van der Waals surface area contributed by atoms with Gasteiger partial charge in [0, 0.05) is 6.20 Å². The third kappa shape index (κ3) is 4.86. The molecule has 0 bridgehead atoms. The molecule has 0 saturated heterocycles. The molecule has 1 aromatic heterocycles. The van der Waals surface area contributed by atoms with Gasteiger partial charge in [0.25, 0.3) is 0 Å². The fraction of sp³-hybridized carbons (Fsp3) is 0.0800. The summed E-state index contributed by atoms with van der Waals surface area (Å²) in [5.41, 5.74) is 3.31. The van der Waals surface area contributed by atoms with E-state index < -0.39 is 0 Å². The van der Waals surface area contributed by atoms with E-state index in [4.69, 9.17) is 9.47 Å². The molecule has 1 heterocycles. The predicted molar refractivity (Wildman–Crippen MR) is 119 cm³/mol. The summed E-state index contributed by atoms with van der Waals surface area (Å²) in [5, 5.41) is 0. The maximum absolute atomic E-state index is 14.3. The molecule has 0 aliphatic carbocycles. The van der Waals surface area contributed by atoms with Crippen LogP contribution in [0, 0.1) is 5.82 Å². The third-order valence-corrected chi connectivity index (χ3v) is 5.18. The van der Waals surface area contributed by atoms with Gasteiger partial charge >= 0.3 is 0 Å². The van der Waals surface area contributed by atoms with Crippen molar-refractivity contribution >= 4 is 15.9 Å². The third-order valence-electron chi connectivity index (χ3n) is 4.54. The van der Waals surface area contributed by atoms with Crippen LogP contribution in [0.4, 0.5) is 4.39 Å². The SMILES string of the molecule is Fc1cc(-c2c(OCc3ccccc3)ccnc2OCc2ccccc2)ccc1Br. The molecular weight excluding hydrogens is 445 g/mol.